The zero-order chi connectivity index (χ0) is 22.4. The van der Waals surface area contributed by atoms with Gasteiger partial charge in [0.2, 0.25) is 10.0 Å². The summed E-state index contributed by atoms with van der Waals surface area (Å²) in [6.45, 7) is 5.03. The Bertz CT molecular complexity index is 1120. The van der Waals surface area contributed by atoms with E-state index in [1.807, 2.05) is 25.1 Å². The third kappa shape index (κ3) is 7.09. The summed E-state index contributed by atoms with van der Waals surface area (Å²) >= 11 is 0. The number of nitrogens with zero attached hydrogens (tertiary/aromatic N) is 1. The topological polar surface area (TPSA) is 116 Å². The van der Waals surface area contributed by atoms with Crippen molar-refractivity contribution in [1.82, 2.24) is 15.5 Å². The highest BCUT2D eigenvalue weighted by Gasteiger charge is 2.20. The zero-order valence-corrected chi connectivity index (χ0v) is 20.1. The maximum atomic E-state index is 11.5. The van der Waals surface area contributed by atoms with Crippen LogP contribution in [0, 0.1) is 6.92 Å². The molecular weight excluding hydrogens is 452 g/mol. The molecular formula is C22H31ClN4O4S. The third-order valence-corrected chi connectivity index (χ3v) is 5.61. The molecule has 176 valence electrons. The van der Waals surface area contributed by atoms with E-state index in [2.05, 4.69) is 27.2 Å². The molecule has 0 amide bonds. The molecule has 1 unspecified atom stereocenters. The lowest BCUT2D eigenvalue weighted by Gasteiger charge is -2.25. The number of aliphatic hydroxyl groups excluding tert-OH is 1. The molecule has 0 aliphatic rings. The number of hydrogen-bond donors (Lipinski definition) is 4. The van der Waals surface area contributed by atoms with Crippen molar-refractivity contribution in [3.8, 4) is 5.75 Å². The van der Waals surface area contributed by atoms with Crippen molar-refractivity contribution in [1.29, 1.82) is 0 Å². The average molecular weight is 483 g/mol. The zero-order valence-electron chi connectivity index (χ0n) is 18.5. The number of rotatable bonds is 11. The molecule has 3 rings (SSSR count). The van der Waals surface area contributed by atoms with E-state index in [4.69, 9.17) is 4.74 Å². The van der Waals surface area contributed by atoms with Crippen molar-refractivity contribution in [2.75, 3.05) is 24.1 Å². The monoisotopic (exact) mass is 482 g/mol. The Morgan fingerprint density at radius 3 is 2.72 bits per heavy atom. The minimum atomic E-state index is -3.38. The number of sulfonamides is 1. The number of fused-ring (bicyclic) bond motifs is 1. The van der Waals surface area contributed by atoms with Crippen LogP contribution in [0.5, 0.6) is 5.75 Å². The Hall–Kier alpha value is -2.33. The summed E-state index contributed by atoms with van der Waals surface area (Å²) in [5, 5.41) is 22.5. The first-order valence-electron chi connectivity index (χ1n) is 10.3. The van der Waals surface area contributed by atoms with Crippen molar-refractivity contribution in [3.05, 3.63) is 53.7 Å². The van der Waals surface area contributed by atoms with Crippen LogP contribution in [0.25, 0.3) is 10.9 Å². The van der Waals surface area contributed by atoms with Crippen LogP contribution in [0.3, 0.4) is 0 Å². The van der Waals surface area contributed by atoms with Crippen molar-refractivity contribution < 1.29 is 18.3 Å². The lowest BCUT2D eigenvalue weighted by Crippen LogP contribution is -2.37. The molecule has 2 aromatic carbocycles. The molecule has 3 aromatic rings. The predicted molar refractivity (Wildman–Crippen MR) is 130 cm³/mol. The van der Waals surface area contributed by atoms with Crippen molar-refractivity contribution in [3.63, 3.8) is 0 Å². The van der Waals surface area contributed by atoms with E-state index >= 15 is 0 Å². The van der Waals surface area contributed by atoms with Gasteiger partial charge < -0.3 is 15.2 Å². The molecule has 0 aliphatic heterocycles. The summed E-state index contributed by atoms with van der Waals surface area (Å²) in [4.78, 5) is 0. The van der Waals surface area contributed by atoms with Crippen LogP contribution < -0.4 is 14.8 Å². The number of aryl methyl sites for hydroxylation is 1. The first-order valence-corrected chi connectivity index (χ1v) is 12.2. The highest BCUT2D eigenvalue weighted by molar-refractivity contribution is 7.92. The molecule has 10 heteroatoms. The van der Waals surface area contributed by atoms with E-state index in [1.165, 1.54) is 0 Å². The second kappa shape index (κ2) is 11.5. The number of nitrogens with one attached hydrogen (secondary N) is 3. The van der Waals surface area contributed by atoms with Gasteiger partial charge in [-0.2, -0.15) is 5.10 Å². The fourth-order valence-corrected chi connectivity index (χ4v) is 4.10. The molecule has 0 fully saturated rings. The molecule has 8 nitrogen and oxygen atoms in total. The van der Waals surface area contributed by atoms with E-state index in [-0.39, 0.29) is 18.4 Å². The summed E-state index contributed by atoms with van der Waals surface area (Å²) in [5.74, 6) is 0.743. The van der Waals surface area contributed by atoms with E-state index in [9.17, 15) is 13.5 Å². The minimum absolute atomic E-state index is 0. The SMILES string of the molecule is CCCC(NCCOc1ccc2c(C)[nH]nc2c1)[C@H](O)c1cccc(NS(C)(=O)=O)c1.Cl. The number of aromatic nitrogens is 2. The molecule has 1 heterocycles. The number of aromatic amines is 1. The van der Waals surface area contributed by atoms with Crippen LogP contribution in [0.15, 0.2) is 42.5 Å². The summed E-state index contributed by atoms with van der Waals surface area (Å²) < 4.78 is 31.2. The summed E-state index contributed by atoms with van der Waals surface area (Å²) in [6.07, 6.45) is 1.99. The van der Waals surface area contributed by atoms with Crippen molar-refractivity contribution in [2.45, 2.75) is 38.8 Å². The number of halogens is 1. The Morgan fingerprint density at radius 1 is 1.22 bits per heavy atom. The van der Waals surface area contributed by atoms with Gasteiger partial charge in [-0.05, 0) is 43.2 Å². The second-order valence-corrected chi connectivity index (χ2v) is 9.42. The van der Waals surface area contributed by atoms with Crippen LogP contribution in [0.1, 0.15) is 37.1 Å². The summed E-state index contributed by atoms with van der Waals surface area (Å²) in [7, 11) is -3.38. The maximum Gasteiger partial charge on any atom is 0.229 e. The molecule has 0 spiro atoms. The van der Waals surface area contributed by atoms with Crippen LogP contribution in [-0.4, -0.2) is 49.2 Å². The van der Waals surface area contributed by atoms with E-state index in [0.29, 0.717) is 24.4 Å². The highest BCUT2D eigenvalue weighted by Crippen LogP contribution is 2.24. The van der Waals surface area contributed by atoms with Crippen molar-refractivity contribution in [2.24, 2.45) is 0 Å². The predicted octanol–water partition coefficient (Wildman–Crippen LogP) is 3.54. The molecule has 2 atom stereocenters. The van der Waals surface area contributed by atoms with E-state index < -0.39 is 16.1 Å². The van der Waals surface area contributed by atoms with Gasteiger partial charge in [-0.15, -0.1) is 12.4 Å². The number of benzene rings is 2. The second-order valence-electron chi connectivity index (χ2n) is 7.67. The molecule has 0 bridgehead atoms. The Labute approximate surface area is 195 Å². The normalized spacial score (nSPS) is 13.4. The van der Waals surface area contributed by atoms with Gasteiger partial charge in [0.25, 0.3) is 0 Å². The number of hydrogen-bond acceptors (Lipinski definition) is 6. The Morgan fingerprint density at radius 2 is 2.00 bits per heavy atom. The smallest absolute Gasteiger partial charge is 0.229 e. The van der Waals surface area contributed by atoms with Gasteiger partial charge >= 0.3 is 0 Å². The lowest BCUT2D eigenvalue weighted by atomic mass is 9.98. The van der Waals surface area contributed by atoms with Crippen LogP contribution in [-0.2, 0) is 10.0 Å². The largest absolute Gasteiger partial charge is 0.492 e. The minimum Gasteiger partial charge on any atom is -0.492 e. The van der Waals surface area contributed by atoms with Crippen LogP contribution >= 0.6 is 12.4 Å². The standard InChI is InChI=1S/C22H30N4O4S.ClH/c1-4-6-20(22(27)16-7-5-8-17(13-16)26-31(3,28)29)23-11-12-30-18-9-10-19-15(2)24-25-21(19)14-18;/h5,7-10,13-14,20,22-23,26-27H,4,6,11-12H2,1-3H3,(H,24,25);1H/t20?,22-;/m1./s1. The first kappa shape index (κ1) is 25.9. The Kier molecular flexibility index (Phi) is 9.33. The van der Waals surface area contributed by atoms with Crippen LogP contribution in [0.2, 0.25) is 0 Å². The van der Waals surface area contributed by atoms with Crippen LogP contribution in [0.4, 0.5) is 5.69 Å². The number of anilines is 1. The molecule has 1 aromatic heterocycles. The molecule has 0 saturated carbocycles. The van der Waals surface area contributed by atoms with Gasteiger partial charge in [-0.1, -0.05) is 25.5 Å². The average Bonchev–Trinajstić information content (AvgIpc) is 3.09. The number of H-pyrrole nitrogens is 1. The third-order valence-electron chi connectivity index (χ3n) is 5.01. The first-order chi connectivity index (χ1) is 14.8. The number of aliphatic hydroxyl groups is 1. The maximum absolute atomic E-state index is 11.5. The molecule has 4 N–H and O–H groups in total. The number of ether oxygens (including phenoxy) is 1. The van der Waals surface area contributed by atoms with Gasteiger partial charge in [0.1, 0.15) is 12.4 Å². The molecule has 0 aliphatic carbocycles. The van der Waals surface area contributed by atoms with E-state index in [0.717, 1.165) is 41.4 Å². The van der Waals surface area contributed by atoms with Gasteiger partial charge in [-0.3, -0.25) is 9.82 Å². The fourth-order valence-electron chi connectivity index (χ4n) is 3.54. The van der Waals surface area contributed by atoms with E-state index in [1.54, 1.807) is 24.3 Å². The summed E-state index contributed by atoms with van der Waals surface area (Å²) in [5.41, 5.74) is 2.97. The van der Waals surface area contributed by atoms with Gasteiger partial charge in [0, 0.05) is 35.4 Å². The van der Waals surface area contributed by atoms with Gasteiger partial charge in [-0.25, -0.2) is 8.42 Å². The molecule has 0 saturated heterocycles. The van der Waals surface area contributed by atoms with Gasteiger partial charge in [0.05, 0.1) is 17.9 Å². The highest BCUT2D eigenvalue weighted by atomic mass is 35.5. The quantitative estimate of drug-likeness (QED) is 0.311. The lowest BCUT2D eigenvalue weighted by molar-refractivity contribution is 0.120. The molecule has 32 heavy (non-hydrogen) atoms. The fraction of sp³-hybridized carbons (Fsp3) is 0.409. The molecule has 0 radical (unpaired) electrons. The van der Waals surface area contributed by atoms with Crippen molar-refractivity contribution >= 4 is 39.0 Å². The van der Waals surface area contributed by atoms with Gasteiger partial charge in [0.15, 0.2) is 0 Å². The summed E-state index contributed by atoms with van der Waals surface area (Å²) in [6, 6.07) is 12.5. The Balaban J connectivity index is 0.00000363.